The van der Waals surface area contributed by atoms with Crippen LogP contribution in [-0.2, 0) is 0 Å². The smallest absolute Gasteiger partial charge is 0.103 e. The highest BCUT2D eigenvalue weighted by Crippen LogP contribution is 2.47. The van der Waals surface area contributed by atoms with Crippen LogP contribution in [0.15, 0.2) is 205 Å². The zero-order valence-corrected chi connectivity index (χ0v) is 29.7. The largest absolute Gasteiger partial charge is 0.368 e. The fraction of sp³-hybridized carbons (Fsp3) is 0.0204. The van der Waals surface area contributed by atoms with E-state index in [2.05, 4.69) is 215 Å². The summed E-state index contributed by atoms with van der Waals surface area (Å²) in [6, 6.07) is 72.2. The van der Waals surface area contributed by atoms with Gasteiger partial charge >= 0.3 is 0 Å². The number of nitrogens with zero attached hydrogens (tertiary/aromatic N) is 2. The van der Waals surface area contributed by atoms with Gasteiger partial charge in [0.1, 0.15) is 5.37 Å². The topological polar surface area (TPSA) is 20.2 Å². The average Bonchev–Trinajstić information content (AvgIpc) is 3.82. The molecule has 0 bridgehead atoms. The molecule has 9 aromatic rings. The predicted octanol–water partition coefficient (Wildman–Crippen LogP) is 13.8. The monoisotopic (exact) mass is 697 g/mol. The molecule has 0 saturated heterocycles. The summed E-state index contributed by atoms with van der Waals surface area (Å²) >= 11 is 1.87. The first kappa shape index (κ1) is 31.3. The molecule has 1 aromatic heterocycles. The highest BCUT2D eigenvalue weighted by molar-refractivity contribution is 8.00. The number of anilines is 4. The first-order valence-corrected chi connectivity index (χ1v) is 18.9. The maximum Gasteiger partial charge on any atom is 0.103 e. The lowest BCUT2D eigenvalue weighted by atomic mass is 10.00. The Morgan fingerprint density at radius 1 is 0.453 bits per heavy atom. The Morgan fingerprint density at radius 2 is 1.02 bits per heavy atom. The van der Waals surface area contributed by atoms with Gasteiger partial charge in [0.2, 0.25) is 0 Å². The van der Waals surface area contributed by atoms with Gasteiger partial charge in [0.15, 0.2) is 0 Å². The van der Waals surface area contributed by atoms with E-state index in [-0.39, 0.29) is 5.37 Å². The third kappa shape index (κ3) is 5.65. The second-order valence-electron chi connectivity index (χ2n) is 13.4. The Kier molecular flexibility index (Phi) is 7.81. The molecule has 2 heterocycles. The van der Waals surface area contributed by atoms with E-state index in [1.165, 1.54) is 60.2 Å². The molecule has 3 nitrogen and oxygen atoms in total. The van der Waals surface area contributed by atoms with Gasteiger partial charge in [-0.05, 0) is 94.5 Å². The number of benzene rings is 8. The number of thioether (sulfide) groups is 1. The van der Waals surface area contributed by atoms with Gasteiger partial charge in [-0.2, -0.15) is 0 Å². The number of hydrogen-bond acceptors (Lipinski definition) is 3. The molecule has 1 unspecified atom stereocenters. The highest BCUT2D eigenvalue weighted by Gasteiger charge is 2.24. The van der Waals surface area contributed by atoms with Gasteiger partial charge in [0.25, 0.3) is 0 Å². The van der Waals surface area contributed by atoms with Gasteiger partial charge in [0.05, 0.1) is 16.7 Å². The van der Waals surface area contributed by atoms with Crippen molar-refractivity contribution in [1.29, 1.82) is 0 Å². The third-order valence-corrected chi connectivity index (χ3v) is 11.5. The molecule has 8 aromatic carbocycles. The predicted molar refractivity (Wildman–Crippen MR) is 225 cm³/mol. The molecular weight excluding hydrogens is 663 g/mol. The standard InChI is InChI=1S/C49H35N3S/c1-3-12-34(13-4-1)35-22-24-36(25-23-35)37-26-30-40(31-27-37)51(39-14-5-2-6-15-39)45-19-11-20-46-48(45)42-16-7-9-18-44(42)52(46)41-32-28-38(29-33-41)49-50-43-17-8-10-21-47(43)53-49/h1-33,49-50H. The quantitative estimate of drug-likeness (QED) is 0.179. The minimum atomic E-state index is 0.200. The van der Waals surface area contributed by atoms with Crippen molar-refractivity contribution in [2.75, 3.05) is 10.2 Å². The normalized spacial score (nSPS) is 13.5. The van der Waals surface area contributed by atoms with Crippen molar-refractivity contribution in [3.63, 3.8) is 0 Å². The van der Waals surface area contributed by atoms with Crippen LogP contribution in [-0.4, -0.2) is 4.57 Å². The first-order chi connectivity index (χ1) is 26.3. The minimum absolute atomic E-state index is 0.200. The van der Waals surface area contributed by atoms with E-state index >= 15 is 0 Å². The minimum Gasteiger partial charge on any atom is -0.368 e. The van der Waals surface area contributed by atoms with Gasteiger partial charge in [-0.3, -0.25) is 0 Å². The van der Waals surface area contributed by atoms with Crippen LogP contribution in [0.2, 0.25) is 0 Å². The van der Waals surface area contributed by atoms with Crippen LogP contribution in [0.4, 0.5) is 22.7 Å². The Labute approximate surface area is 313 Å². The van der Waals surface area contributed by atoms with Crippen LogP contribution in [0.25, 0.3) is 49.7 Å². The third-order valence-electron chi connectivity index (χ3n) is 10.3. The lowest BCUT2D eigenvalue weighted by Gasteiger charge is -2.26. The molecule has 0 radical (unpaired) electrons. The Balaban J connectivity index is 1.05. The van der Waals surface area contributed by atoms with Crippen molar-refractivity contribution in [1.82, 2.24) is 4.57 Å². The van der Waals surface area contributed by atoms with Crippen molar-refractivity contribution in [2.45, 2.75) is 10.3 Å². The summed E-state index contributed by atoms with van der Waals surface area (Å²) in [5.74, 6) is 0. The maximum absolute atomic E-state index is 3.69. The van der Waals surface area contributed by atoms with Crippen LogP contribution in [0, 0.1) is 0 Å². The number of aromatic nitrogens is 1. The molecule has 0 aliphatic carbocycles. The van der Waals surface area contributed by atoms with E-state index in [0.29, 0.717) is 0 Å². The molecule has 1 N–H and O–H groups in total. The van der Waals surface area contributed by atoms with Crippen LogP contribution in [0.5, 0.6) is 0 Å². The molecule has 0 spiro atoms. The van der Waals surface area contributed by atoms with Crippen LogP contribution < -0.4 is 10.2 Å². The summed E-state index contributed by atoms with van der Waals surface area (Å²) in [5, 5.41) is 6.33. The highest BCUT2D eigenvalue weighted by atomic mass is 32.2. The lowest BCUT2D eigenvalue weighted by Crippen LogP contribution is -2.10. The fourth-order valence-electron chi connectivity index (χ4n) is 7.69. The molecule has 10 rings (SSSR count). The summed E-state index contributed by atoms with van der Waals surface area (Å²) in [6.07, 6.45) is 0. The Morgan fingerprint density at radius 3 is 1.74 bits per heavy atom. The lowest BCUT2D eigenvalue weighted by molar-refractivity contribution is 1.11. The second kappa shape index (κ2) is 13.2. The summed E-state index contributed by atoms with van der Waals surface area (Å²) in [5.41, 5.74) is 14.2. The molecule has 252 valence electrons. The molecular formula is C49H35N3S. The van der Waals surface area contributed by atoms with Crippen molar-refractivity contribution in [2.24, 2.45) is 0 Å². The van der Waals surface area contributed by atoms with Gasteiger partial charge in [0, 0.05) is 38.4 Å². The summed E-state index contributed by atoms with van der Waals surface area (Å²) in [6.45, 7) is 0. The van der Waals surface area contributed by atoms with E-state index in [9.17, 15) is 0 Å². The summed E-state index contributed by atoms with van der Waals surface area (Å²) in [7, 11) is 0. The molecule has 1 atom stereocenters. The maximum atomic E-state index is 3.69. The molecule has 1 aliphatic heterocycles. The number of fused-ring (bicyclic) bond motifs is 4. The molecule has 53 heavy (non-hydrogen) atoms. The Hall–Kier alpha value is -6.49. The van der Waals surface area contributed by atoms with E-state index in [1.807, 2.05) is 11.8 Å². The molecule has 0 fully saturated rings. The number of para-hydroxylation sites is 3. The second-order valence-corrected chi connectivity index (χ2v) is 14.6. The van der Waals surface area contributed by atoms with Gasteiger partial charge < -0.3 is 14.8 Å². The van der Waals surface area contributed by atoms with Crippen molar-refractivity contribution in [3.8, 4) is 27.9 Å². The van der Waals surface area contributed by atoms with E-state index in [0.717, 1.165) is 22.7 Å². The van der Waals surface area contributed by atoms with Gasteiger partial charge in [-0.25, -0.2) is 0 Å². The number of nitrogens with one attached hydrogen (secondary N) is 1. The SMILES string of the molecule is c1ccc(-c2ccc(-c3ccc(N(c4ccccc4)c4cccc5c4c4ccccc4n5-c4ccc(C5Nc6ccccc6S5)cc4)cc3)cc2)cc1. The first-order valence-electron chi connectivity index (χ1n) is 18.0. The number of hydrogen-bond donors (Lipinski definition) is 1. The van der Waals surface area contributed by atoms with Crippen LogP contribution in [0.3, 0.4) is 0 Å². The van der Waals surface area contributed by atoms with E-state index < -0.39 is 0 Å². The van der Waals surface area contributed by atoms with Crippen LogP contribution in [0.1, 0.15) is 10.9 Å². The van der Waals surface area contributed by atoms with Crippen molar-refractivity contribution in [3.05, 3.63) is 206 Å². The zero-order valence-electron chi connectivity index (χ0n) is 28.9. The number of rotatable bonds is 7. The molecule has 4 heteroatoms. The van der Waals surface area contributed by atoms with E-state index in [1.54, 1.807) is 0 Å². The summed E-state index contributed by atoms with van der Waals surface area (Å²) in [4.78, 5) is 3.69. The van der Waals surface area contributed by atoms with Crippen LogP contribution >= 0.6 is 11.8 Å². The van der Waals surface area contributed by atoms with Crippen molar-refractivity contribution < 1.29 is 0 Å². The van der Waals surface area contributed by atoms with E-state index in [4.69, 9.17) is 0 Å². The molecule has 1 aliphatic rings. The zero-order chi connectivity index (χ0) is 35.1. The molecule has 0 saturated carbocycles. The van der Waals surface area contributed by atoms with Crippen molar-refractivity contribution >= 4 is 56.3 Å². The average molecular weight is 698 g/mol. The fourth-order valence-corrected chi connectivity index (χ4v) is 8.84. The molecule has 0 amide bonds. The van der Waals surface area contributed by atoms with Gasteiger partial charge in [-0.15, -0.1) is 0 Å². The van der Waals surface area contributed by atoms with Gasteiger partial charge in [-0.1, -0.05) is 145 Å². The summed E-state index contributed by atoms with van der Waals surface area (Å²) < 4.78 is 2.41. The Bertz CT molecular complexity index is 2680.